The lowest BCUT2D eigenvalue weighted by atomic mass is 10.0. The van der Waals surface area contributed by atoms with Crippen LogP contribution in [-0.4, -0.2) is 21.4 Å². The third-order valence-electron chi connectivity index (χ3n) is 5.17. The Morgan fingerprint density at radius 2 is 1.50 bits per heavy atom. The highest BCUT2D eigenvalue weighted by atomic mass is 16.3. The van der Waals surface area contributed by atoms with Crippen LogP contribution in [0.15, 0.2) is 58.7 Å². The van der Waals surface area contributed by atoms with Crippen molar-refractivity contribution in [2.45, 2.75) is 86.2 Å². The number of rotatable bonds is 11. The molecule has 3 heteroatoms. The number of aliphatic hydroxyl groups excluding tert-OH is 1. The molecule has 0 saturated heterocycles. The molecule has 1 atom stereocenters. The first kappa shape index (κ1) is 25.8. The second-order valence-corrected chi connectivity index (χ2v) is 8.72. The summed E-state index contributed by atoms with van der Waals surface area (Å²) in [5.74, 6) is 0.440. The SMILES string of the molecule is CC(C)=CCCC(C)=C[C@H](O)CC(C)=CCCC(C)=CCc1cc(O)cc(C)c1O. The maximum absolute atomic E-state index is 10.3. The summed E-state index contributed by atoms with van der Waals surface area (Å²) in [5, 5.41) is 30.1. The summed E-state index contributed by atoms with van der Waals surface area (Å²) in [6.07, 6.45) is 13.2. The molecular formula is C27H40O3. The van der Waals surface area contributed by atoms with Crippen LogP contribution in [0.25, 0.3) is 0 Å². The molecule has 0 aromatic heterocycles. The van der Waals surface area contributed by atoms with Crippen LogP contribution in [0.4, 0.5) is 0 Å². The fourth-order valence-corrected chi connectivity index (χ4v) is 3.39. The smallest absolute Gasteiger partial charge is 0.122 e. The van der Waals surface area contributed by atoms with E-state index in [4.69, 9.17) is 0 Å². The summed E-state index contributed by atoms with van der Waals surface area (Å²) < 4.78 is 0. The van der Waals surface area contributed by atoms with Crippen LogP contribution in [-0.2, 0) is 6.42 Å². The van der Waals surface area contributed by atoms with Gasteiger partial charge in [-0.25, -0.2) is 0 Å². The highest BCUT2D eigenvalue weighted by molar-refractivity contribution is 5.46. The molecule has 0 fully saturated rings. The lowest BCUT2D eigenvalue weighted by Crippen LogP contribution is -2.03. The zero-order valence-electron chi connectivity index (χ0n) is 19.6. The zero-order chi connectivity index (χ0) is 22.7. The topological polar surface area (TPSA) is 60.7 Å². The van der Waals surface area contributed by atoms with Gasteiger partial charge in [0.1, 0.15) is 11.5 Å². The van der Waals surface area contributed by atoms with Gasteiger partial charge < -0.3 is 15.3 Å². The zero-order valence-corrected chi connectivity index (χ0v) is 19.6. The van der Waals surface area contributed by atoms with E-state index in [-0.39, 0.29) is 11.5 Å². The van der Waals surface area contributed by atoms with E-state index in [1.54, 1.807) is 19.1 Å². The van der Waals surface area contributed by atoms with Crippen LogP contribution < -0.4 is 0 Å². The Bertz CT molecular complexity index is 806. The third kappa shape index (κ3) is 10.5. The second kappa shape index (κ2) is 13.1. The van der Waals surface area contributed by atoms with E-state index in [0.717, 1.165) is 31.2 Å². The summed E-state index contributed by atoms with van der Waals surface area (Å²) in [5.41, 5.74) is 6.44. The quantitative estimate of drug-likeness (QED) is 0.269. The third-order valence-corrected chi connectivity index (χ3v) is 5.17. The van der Waals surface area contributed by atoms with Gasteiger partial charge in [0.05, 0.1) is 6.10 Å². The normalized spacial score (nSPS) is 14.0. The van der Waals surface area contributed by atoms with E-state index < -0.39 is 6.10 Å². The highest BCUT2D eigenvalue weighted by Gasteiger charge is 2.06. The summed E-state index contributed by atoms with van der Waals surface area (Å²) in [4.78, 5) is 0. The second-order valence-electron chi connectivity index (χ2n) is 8.72. The van der Waals surface area contributed by atoms with E-state index in [9.17, 15) is 15.3 Å². The number of phenols is 2. The first-order valence-corrected chi connectivity index (χ1v) is 10.9. The van der Waals surface area contributed by atoms with Crippen LogP contribution >= 0.6 is 0 Å². The predicted molar refractivity (Wildman–Crippen MR) is 128 cm³/mol. The number of benzene rings is 1. The van der Waals surface area contributed by atoms with Crippen LogP contribution in [0, 0.1) is 6.92 Å². The molecular weight excluding hydrogens is 372 g/mol. The minimum absolute atomic E-state index is 0.185. The number of phenolic OH excluding ortho intramolecular Hbond substituents is 2. The van der Waals surface area contributed by atoms with Crippen LogP contribution in [0.1, 0.15) is 77.8 Å². The molecule has 3 nitrogen and oxygen atoms in total. The van der Waals surface area contributed by atoms with Gasteiger partial charge in [0.15, 0.2) is 0 Å². The van der Waals surface area contributed by atoms with Crippen LogP contribution in [0.3, 0.4) is 0 Å². The molecule has 30 heavy (non-hydrogen) atoms. The van der Waals surface area contributed by atoms with Gasteiger partial charge in [-0.3, -0.25) is 0 Å². The maximum atomic E-state index is 10.3. The number of aliphatic hydroxyl groups is 1. The molecule has 0 bridgehead atoms. The Kier molecular flexibility index (Phi) is 11.3. The van der Waals surface area contributed by atoms with E-state index in [1.165, 1.54) is 22.3 Å². The molecule has 0 spiro atoms. The van der Waals surface area contributed by atoms with E-state index in [1.807, 2.05) is 6.08 Å². The summed E-state index contributed by atoms with van der Waals surface area (Å²) >= 11 is 0. The van der Waals surface area contributed by atoms with Crippen molar-refractivity contribution in [2.24, 2.45) is 0 Å². The maximum Gasteiger partial charge on any atom is 0.122 e. The highest BCUT2D eigenvalue weighted by Crippen LogP contribution is 2.28. The summed E-state index contributed by atoms with van der Waals surface area (Å²) in [7, 11) is 0. The Labute approximate surface area is 183 Å². The van der Waals surface area contributed by atoms with Gasteiger partial charge in [0.25, 0.3) is 0 Å². The van der Waals surface area contributed by atoms with Gasteiger partial charge in [-0.05, 0) is 97.8 Å². The lowest BCUT2D eigenvalue weighted by molar-refractivity contribution is 0.222. The molecule has 1 aromatic rings. The standard InChI is InChI=1S/C27H40O3/c1-19(2)9-7-11-21(4)15-25(28)16-22(5)12-8-10-20(3)13-14-24-18-26(29)17-23(6)27(24)30/h9,12-13,15,17-18,25,28-30H,7-8,10-11,14,16H2,1-6H3/t25-/m0/s1. The summed E-state index contributed by atoms with van der Waals surface area (Å²) in [6, 6.07) is 3.18. The Balaban J connectivity index is 2.48. The van der Waals surface area contributed by atoms with Crippen LogP contribution in [0.2, 0.25) is 0 Å². The largest absolute Gasteiger partial charge is 0.508 e. The number of hydrogen-bond donors (Lipinski definition) is 3. The fourth-order valence-electron chi connectivity index (χ4n) is 3.39. The van der Waals surface area contributed by atoms with Crippen molar-refractivity contribution >= 4 is 0 Å². The van der Waals surface area contributed by atoms with Crippen molar-refractivity contribution in [3.05, 3.63) is 69.9 Å². The van der Waals surface area contributed by atoms with E-state index in [2.05, 4.69) is 52.8 Å². The predicted octanol–water partition coefficient (Wildman–Crippen LogP) is 7.07. The molecule has 0 aliphatic carbocycles. The molecule has 0 saturated carbocycles. The molecule has 0 aliphatic rings. The minimum atomic E-state index is -0.429. The minimum Gasteiger partial charge on any atom is -0.508 e. The number of allylic oxidation sites excluding steroid dienone is 6. The van der Waals surface area contributed by atoms with Gasteiger partial charge in [-0.1, -0.05) is 46.6 Å². The van der Waals surface area contributed by atoms with E-state index in [0.29, 0.717) is 18.4 Å². The average Bonchev–Trinajstić information content (AvgIpc) is 2.62. The number of aryl methyl sites for hydroxylation is 1. The molecule has 1 aromatic carbocycles. The van der Waals surface area contributed by atoms with Gasteiger partial charge in [-0.2, -0.15) is 0 Å². The number of aromatic hydroxyl groups is 2. The van der Waals surface area contributed by atoms with Crippen LogP contribution in [0.5, 0.6) is 11.5 Å². The average molecular weight is 413 g/mol. The first-order chi connectivity index (χ1) is 14.1. The first-order valence-electron chi connectivity index (χ1n) is 10.9. The number of hydrogen-bond acceptors (Lipinski definition) is 3. The monoisotopic (exact) mass is 412 g/mol. The van der Waals surface area contributed by atoms with Crippen molar-refractivity contribution in [3.8, 4) is 11.5 Å². The molecule has 0 radical (unpaired) electrons. The molecule has 0 heterocycles. The lowest BCUT2D eigenvalue weighted by Gasteiger charge is -2.09. The van der Waals surface area contributed by atoms with Crippen molar-refractivity contribution in [1.82, 2.24) is 0 Å². The Hall–Kier alpha value is -2.26. The fraction of sp³-hybridized carbons (Fsp3) is 0.481. The Morgan fingerprint density at radius 3 is 2.17 bits per heavy atom. The van der Waals surface area contributed by atoms with Crippen molar-refractivity contribution in [3.63, 3.8) is 0 Å². The molecule has 166 valence electrons. The van der Waals surface area contributed by atoms with E-state index >= 15 is 0 Å². The Morgan fingerprint density at radius 1 is 0.867 bits per heavy atom. The molecule has 0 amide bonds. The van der Waals surface area contributed by atoms with Crippen molar-refractivity contribution in [2.75, 3.05) is 0 Å². The molecule has 0 aliphatic heterocycles. The van der Waals surface area contributed by atoms with Gasteiger partial charge >= 0.3 is 0 Å². The van der Waals surface area contributed by atoms with Crippen molar-refractivity contribution in [1.29, 1.82) is 0 Å². The molecule has 1 rings (SSSR count). The van der Waals surface area contributed by atoms with Gasteiger partial charge in [0.2, 0.25) is 0 Å². The van der Waals surface area contributed by atoms with Gasteiger partial charge in [-0.15, -0.1) is 0 Å². The molecule has 0 unspecified atom stereocenters. The molecule has 3 N–H and O–H groups in total. The summed E-state index contributed by atoms with van der Waals surface area (Å²) in [6.45, 7) is 12.2. The van der Waals surface area contributed by atoms with Gasteiger partial charge in [0, 0.05) is 5.56 Å². The van der Waals surface area contributed by atoms with Crippen molar-refractivity contribution < 1.29 is 15.3 Å².